The zero-order valence-corrected chi connectivity index (χ0v) is 21.2. The molecule has 188 valence electrons. The fourth-order valence-corrected chi connectivity index (χ4v) is 5.72. The molecule has 0 bridgehead atoms. The molecule has 0 saturated carbocycles. The highest BCUT2D eigenvalue weighted by Crippen LogP contribution is 2.32. The summed E-state index contributed by atoms with van der Waals surface area (Å²) < 4.78 is 67.5. The molecular formula is C23H19ClN2O8S2. The lowest BCUT2D eigenvalue weighted by Crippen LogP contribution is -2.18. The molecular weight excluding hydrogens is 532 g/mol. The Morgan fingerprint density at radius 1 is 0.861 bits per heavy atom. The fourth-order valence-electron chi connectivity index (χ4n) is 3.17. The van der Waals surface area contributed by atoms with Crippen LogP contribution in [0.3, 0.4) is 0 Å². The van der Waals surface area contributed by atoms with Gasteiger partial charge in [-0.05, 0) is 42.8 Å². The first-order valence-electron chi connectivity index (χ1n) is 9.98. The fraction of sp³-hybridized carbons (Fsp3) is 0.0870. The first kappa shape index (κ1) is 26.8. The second-order valence-electron chi connectivity index (χ2n) is 7.22. The Hall–Kier alpha value is -3.83. The van der Waals surface area contributed by atoms with E-state index in [1.807, 2.05) is 0 Å². The Bertz CT molecular complexity index is 1630. The quantitative estimate of drug-likeness (QED) is 0.343. The van der Waals surface area contributed by atoms with Crippen LogP contribution in [0.1, 0.15) is 5.56 Å². The van der Waals surface area contributed by atoms with Crippen molar-refractivity contribution in [3.05, 3.63) is 77.3 Å². The van der Waals surface area contributed by atoms with Crippen molar-refractivity contribution in [2.75, 3.05) is 16.6 Å². The Balaban J connectivity index is 0.00000115. The number of hydrogen-bond acceptors (Lipinski definition) is 8. The van der Waals surface area contributed by atoms with E-state index in [-0.39, 0.29) is 32.5 Å². The number of carbonyl (C=O) groups excluding carboxylic acids is 2. The van der Waals surface area contributed by atoms with Crippen LogP contribution in [-0.2, 0) is 29.6 Å². The van der Waals surface area contributed by atoms with Crippen molar-refractivity contribution < 1.29 is 35.6 Å². The summed E-state index contributed by atoms with van der Waals surface area (Å²) in [6, 6.07) is 17.0. The number of ether oxygens (including phenoxy) is 1. The van der Waals surface area contributed by atoms with E-state index in [4.69, 9.17) is 30.3 Å². The number of sulfonamides is 2. The molecule has 0 amide bonds. The van der Waals surface area contributed by atoms with Gasteiger partial charge in [0.15, 0.2) is 0 Å². The van der Waals surface area contributed by atoms with Gasteiger partial charge in [-0.3, -0.25) is 9.44 Å². The van der Waals surface area contributed by atoms with Gasteiger partial charge in [-0.1, -0.05) is 35.9 Å². The maximum atomic E-state index is 13.1. The smallest absolute Gasteiger partial charge is 0.373 e. The summed E-state index contributed by atoms with van der Waals surface area (Å²) in [5.74, 6) is 0.364. The van der Waals surface area contributed by atoms with Gasteiger partial charge < -0.3 is 9.15 Å². The maximum Gasteiger partial charge on any atom is 0.373 e. The number of anilines is 2. The number of para-hydroxylation sites is 1. The van der Waals surface area contributed by atoms with Crippen molar-refractivity contribution in [1.29, 1.82) is 0 Å². The van der Waals surface area contributed by atoms with Gasteiger partial charge in [0.1, 0.15) is 11.3 Å². The monoisotopic (exact) mass is 550 g/mol. The Morgan fingerprint density at radius 3 is 2.19 bits per heavy atom. The number of benzene rings is 3. The molecule has 2 N–H and O–H groups in total. The molecule has 0 saturated heterocycles. The van der Waals surface area contributed by atoms with E-state index in [9.17, 15) is 16.8 Å². The molecule has 1 heterocycles. The molecule has 4 aromatic rings. The third-order valence-corrected chi connectivity index (χ3v) is 7.78. The number of fused-ring (bicyclic) bond motifs is 1. The van der Waals surface area contributed by atoms with E-state index < -0.39 is 20.0 Å². The molecule has 4 rings (SSSR count). The van der Waals surface area contributed by atoms with Crippen molar-refractivity contribution in [3.8, 4) is 5.75 Å². The van der Waals surface area contributed by atoms with E-state index in [1.165, 1.54) is 37.4 Å². The summed E-state index contributed by atoms with van der Waals surface area (Å²) in [7, 11) is -6.84. The van der Waals surface area contributed by atoms with E-state index in [0.717, 1.165) is 0 Å². The van der Waals surface area contributed by atoms with Crippen molar-refractivity contribution >= 4 is 60.1 Å². The lowest BCUT2D eigenvalue weighted by molar-refractivity contribution is -0.191. The van der Waals surface area contributed by atoms with Gasteiger partial charge in [0, 0.05) is 22.5 Å². The minimum atomic E-state index is -4.18. The van der Waals surface area contributed by atoms with Crippen LogP contribution in [0.2, 0.25) is 5.02 Å². The molecule has 13 heteroatoms. The van der Waals surface area contributed by atoms with Gasteiger partial charge in [-0.15, -0.1) is 0 Å². The minimum absolute atomic E-state index is 0.0112. The van der Waals surface area contributed by atoms with Crippen molar-refractivity contribution in [2.24, 2.45) is 0 Å². The van der Waals surface area contributed by atoms with Gasteiger partial charge >= 0.3 is 6.15 Å². The second-order valence-corrected chi connectivity index (χ2v) is 10.9. The molecule has 0 unspecified atom stereocenters. The number of methoxy groups -OCH3 is 1. The van der Waals surface area contributed by atoms with E-state index in [0.29, 0.717) is 22.3 Å². The molecule has 0 aliphatic rings. The van der Waals surface area contributed by atoms with Crippen LogP contribution in [0.4, 0.5) is 11.4 Å². The van der Waals surface area contributed by atoms with E-state index in [2.05, 4.69) is 9.44 Å². The first-order chi connectivity index (χ1) is 17.0. The predicted octanol–water partition coefficient (Wildman–Crippen LogP) is 4.42. The molecule has 0 spiro atoms. The molecule has 0 atom stereocenters. The number of hydrogen-bond donors (Lipinski definition) is 2. The number of rotatable bonds is 7. The van der Waals surface area contributed by atoms with Crippen LogP contribution in [-0.4, -0.2) is 30.1 Å². The van der Waals surface area contributed by atoms with Crippen molar-refractivity contribution in [2.45, 2.75) is 16.9 Å². The minimum Gasteiger partial charge on any atom is -0.497 e. The van der Waals surface area contributed by atoms with Gasteiger partial charge in [0.05, 0.1) is 23.4 Å². The molecule has 10 nitrogen and oxygen atoms in total. The molecule has 1 aromatic heterocycles. The number of aryl methyl sites for hydroxylation is 1. The van der Waals surface area contributed by atoms with Crippen molar-refractivity contribution in [1.82, 2.24) is 0 Å². The van der Waals surface area contributed by atoms with Crippen LogP contribution in [0.5, 0.6) is 5.75 Å². The normalized spacial score (nSPS) is 11.2. The van der Waals surface area contributed by atoms with E-state index in [1.54, 1.807) is 43.3 Å². The zero-order valence-electron chi connectivity index (χ0n) is 18.8. The SMILES string of the molecule is COc1ccc(C)c(S(=O)(=O)Nc2ccc(Cl)cc2NS(=O)(=O)c2cc3ccccc3o2)c1.O=C=O. The lowest BCUT2D eigenvalue weighted by atomic mass is 10.2. The molecule has 0 radical (unpaired) electrons. The van der Waals surface area contributed by atoms with Crippen molar-refractivity contribution in [3.63, 3.8) is 0 Å². The van der Waals surface area contributed by atoms with E-state index >= 15 is 0 Å². The highest BCUT2D eigenvalue weighted by molar-refractivity contribution is 7.93. The van der Waals surface area contributed by atoms with Crippen LogP contribution in [0.15, 0.2) is 81.1 Å². The maximum absolute atomic E-state index is 13.1. The first-order valence-corrected chi connectivity index (χ1v) is 13.3. The predicted molar refractivity (Wildman–Crippen MR) is 132 cm³/mol. The summed E-state index contributed by atoms with van der Waals surface area (Å²) in [5.41, 5.74) is 0.813. The third-order valence-electron chi connectivity index (χ3n) is 4.82. The van der Waals surface area contributed by atoms with Crippen LogP contribution < -0.4 is 14.2 Å². The van der Waals surface area contributed by atoms with Gasteiger partial charge in [0.25, 0.3) is 20.0 Å². The standard InChI is InChI=1S/C22H19ClN2O6S2.CO2/c1-14-7-9-17(30-2)13-21(14)32(26,27)24-18-10-8-16(23)12-19(18)25-33(28,29)22-11-15-5-3-4-6-20(15)31-22;2-1-3/h3-13,24-25H,1-2H3;. The summed E-state index contributed by atoms with van der Waals surface area (Å²) in [6.45, 7) is 1.64. The summed E-state index contributed by atoms with van der Waals surface area (Å²) in [5, 5.41) is 0.498. The summed E-state index contributed by atoms with van der Waals surface area (Å²) >= 11 is 6.06. The van der Waals surface area contributed by atoms with Gasteiger partial charge in [-0.2, -0.15) is 18.0 Å². The largest absolute Gasteiger partial charge is 0.497 e. The highest BCUT2D eigenvalue weighted by Gasteiger charge is 2.24. The van der Waals surface area contributed by atoms with Crippen LogP contribution >= 0.6 is 11.6 Å². The average Bonchev–Trinajstić information content (AvgIpc) is 3.27. The van der Waals surface area contributed by atoms with Gasteiger partial charge in [0.2, 0.25) is 5.09 Å². The summed E-state index contributed by atoms with van der Waals surface area (Å²) in [6.07, 6.45) is 0.250. The molecule has 0 aliphatic carbocycles. The van der Waals surface area contributed by atoms with Crippen LogP contribution in [0.25, 0.3) is 11.0 Å². The Morgan fingerprint density at radius 2 is 1.53 bits per heavy atom. The number of nitrogens with one attached hydrogen (secondary N) is 2. The number of halogens is 1. The van der Waals surface area contributed by atoms with Crippen LogP contribution in [0, 0.1) is 6.92 Å². The Labute approximate surface area is 211 Å². The second kappa shape index (κ2) is 10.8. The summed E-state index contributed by atoms with van der Waals surface area (Å²) in [4.78, 5) is 16.2. The van der Waals surface area contributed by atoms with Gasteiger partial charge in [-0.25, -0.2) is 8.42 Å². The topological polar surface area (TPSA) is 149 Å². The average molecular weight is 551 g/mol. The molecule has 0 aliphatic heterocycles. The number of furan rings is 1. The molecule has 3 aromatic carbocycles. The lowest BCUT2D eigenvalue weighted by Gasteiger charge is -2.15. The highest BCUT2D eigenvalue weighted by atomic mass is 35.5. The molecule has 36 heavy (non-hydrogen) atoms. The third kappa shape index (κ3) is 6.04. The Kier molecular flexibility index (Phi) is 8.06. The molecule has 0 fully saturated rings. The zero-order chi connectivity index (χ0) is 26.5.